The van der Waals surface area contributed by atoms with Gasteiger partial charge in [-0.25, -0.2) is 14.2 Å². The van der Waals surface area contributed by atoms with Gasteiger partial charge < -0.3 is 24.0 Å². The lowest BCUT2D eigenvalue weighted by molar-refractivity contribution is -0.121. The molecule has 0 N–H and O–H groups in total. The van der Waals surface area contributed by atoms with E-state index in [2.05, 4.69) is 41.0 Å². The SMILES string of the molecule is C[C@@H]1COCCN1C[C@H]1CN(C(=O)OC(C)(C)C)[C@H](C)CN1CC(=O)N1CC(C)(C)c2c1cc(Cc1ccc(F)cc1)c1cnc(C3CCOCC3)n21. The molecule has 2 amide bonds. The van der Waals surface area contributed by atoms with E-state index in [0.717, 1.165) is 59.8 Å². The van der Waals surface area contributed by atoms with E-state index in [1.807, 2.05) is 55.8 Å². The summed E-state index contributed by atoms with van der Waals surface area (Å²) in [6.07, 6.45) is 4.05. The van der Waals surface area contributed by atoms with Crippen LogP contribution in [0.25, 0.3) is 5.52 Å². The maximum Gasteiger partial charge on any atom is 0.410 e. The second-order valence-corrected chi connectivity index (χ2v) is 17.3. The van der Waals surface area contributed by atoms with Crippen LogP contribution in [0.2, 0.25) is 0 Å². The Morgan fingerprint density at radius 3 is 2.43 bits per heavy atom. The zero-order valence-electron chi connectivity index (χ0n) is 32.6. The molecular weight excluding hydrogens is 675 g/mol. The Morgan fingerprint density at radius 2 is 1.74 bits per heavy atom. The van der Waals surface area contributed by atoms with Crippen molar-refractivity contribution in [1.29, 1.82) is 0 Å². The average molecular weight is 733 g/mol. The summed E-state index contributed by atoms with van der Waals surface area (Å²) in [5.74, 6) is 1.05. The van der Waals surface area contributed by atoms with E-state index in [9.17, 15) is 14.0 Å². The Morgan fingerprint density at radius 1 is 1.00 bits per heavy atom. The Labute approximate surface area is 313 Å². The Bertz CT molecular complexity index is 1800. The van der Waals surface area contributed by atoms with Crippen LogP contribution in [-0.2, 0) is 30.8 Å². The number of carbonyl (C=O) groups is 2. The van der Waals surface area contributed by atoms with Gasteiger partial charge in [0.25, 0.3) is 0 Å². The normalized spacial score (nSPS) is 24.5. The van der Waals surface area contributed by atoms with Crippen LogP contribution in [0.15, 0.2) is 36.5 Å². The number of nitrogens with zero attached hydrogens (tertiary/aromatic N) is 6. The Kier molecular flexibility index (Phi) is 10.6. The minimum Gasteiger partial charge on any atom is -0.444 e. The number of fused-ring (bicyclic) bond motifs is 3. The van der Waals surface area contributed by atoms with Gasteiger partial charge in [0.2, 0.25) is 5.91 Å². The minimum atomic E-state index is -0.602. The van der Waals surface area contributed by atoms with Crippen LogP contribution in [0, 0.1) is 5.82 Å². The van der Waals surface area contributed by atoms with E-state index in [-0.39, 0.29) is 53.8 Å². The van der Waals surface area contributed by atoms with Gasteiger partial charge in [-0.2, -0.15) is 0 Å². The van der Waals surface area contributed by atoms with Crippen LogP contribution in [0.3, 0.4) is 0 Å². The van der Waals surface area contributed by atoms with Crippen molar-refractivity contribution >= 4 is 23.2 Å². The maximum atomic E-state index is 14.8. The van der Waals surface area contributed by atoms with Gasteiger partial charge in [0.15, 0.2) is 0 Å². The van der Waals surface area contributed by atoms with E-state index < -0.39 is 5.60 Å². The van der Waals surface area contributed by atoms with Crippen LogP contribution >= 0.6 is 0 Å². The number of piperazine rings is 1. The number of imidazole rings is 1. The fraction of sp³-hybridized carbons (Fsp3) is 0.634. The summed E-state index contributed by atoms with van der Waals surface area (Å²) in [5.41, 5.74) is 4.14. The van der Waals surface area contributed by atoms with Crippen molar-refractivity contribution in [2.75, 3.05) is 70.6 Å². The van der Waals surface area contributed by atoms with Gasteiger partial charge in [-0.15, -0.1) is 0 Å². The molecule has 288 valence electrons. The summed E-state index contributed by atoms with van der Waals surface area (Å²) >= 11 is 0. The topological polar surface area (TPSA) is 92.1 Å². The molecular formula is C41H57FN6O5. The first-order valence-corrected chi connectivity index (χ1v) is 19.4. The zero-order valence-corrected chi connectivity index (χ0v) is 32.6. The van der Waals surface area contributed by atoms with E-state index in [0.29, 0.717) is 52.5 Å². The lowest BCUT2D eigenvalue weighted by atomic mass is 9.89. The highest BCUT2D eigenvalue weighted by Crippen LogP contribution is 2.44. The molecule has 3 fully saturated rings. The predicted octanol–water partition coefficient (Wildman–Crippen LogP) is 5.61. The molecule has 1 aromatic carbocycles. The number of halogens is 1. The monoisotopic (exact) mass is 732 g/mol. The lowest BCUT2D eigenvalue weighted by Gasteiger charge is -2.47. The molecule has 4 aliphatic heterocycles. The molecule has 7 rings (SSSR count). The number of carbonyl (C=O) groups excluding carboxylic acids is 2. The van der Waals surface area contributed by atoms with E-state index in [1.165, 1.54) is 12.1 Å². The highest BCUT2D eigenvalue weighted by Gasteiger charge is 2.44. The molecule has 12 heteroatoms. The summed E-state index contributed by atoms with van der Waals surface area (Å²) in [4.78, 5) is 41.8. The van der Waals surface area contributed by atoms with Gasteiger partial charge in [0.05, 0.1) is 42.9 Å². The summed E-state index contributed by atoms with van der Waals surface area (Å²) < 4.78 is 33.5. The summed E-state index contributed by atoms with van der Waals surface area (Å²) in [5, 5.41) is 0. The van der Waals surface area contributed by atoms with Crippen molar-refractivity contribution in [1.82, 2.24) is 24.1 Å². The molecule has 3 aromatic rings. The molecule has 0 aliphatic carbocycles. The highest BCUT2D eigenvalue weighted by molar-refractivity contribution is 5.98. The zero-order chi connectivity index (χ0) is 37.7. The van der Waals surface area contributed by atoms with Crippen LogP contribution in [0.5, 0.6) is 0 Å². The molecule has 3 atom stereocenters. The Balaban J connectivity index is 1.23. The number of anilines is 1. The molecule has 11 nitrogen and oxygen atoms in total. The van der Waals surface area contributed by atoms with E-state index in [1.54, 1.807) is 0 Å². The third-order valence-corrected chi connectivity index (χ3v) is 11.4. The number of ether oxygens (including phenoxy) is 3. The number of rotatable bonds is 7. The van der Waals surface area contributed by atoms with Gasteiger partial charge in [-0.05, 0) is 83.2 Å². The number of amides is 2. The van der Waals surface area contributed by atoms with Crippen molar-refractivity contribution in [2.45, 2.75) is 103 Å². The molecule has 6 heterocycles. The molecule has 0 spiro atoms. The van der Waals surface area contributed by atoms with E-state index in [4.69, 9.17) is 19.2 Å². The molecule has 2 aromatic heterocycles. The van der Waals surface area contributed by atoms with Gasteiger partial charge in [0, 0.05) is 75.4 Å². The van der Waals surface area contributed by atoms with Gasteiger partial charge in [-0.3, -0.25) is 19.0 Å². The highest BCUT2D eigenvalue weighted by atomic mass is 19.1. The predicted molar refractivity (Wildman–Crippen MR) is 202 cm³/mol. The number of hydrogen-bond donors (Lipinski definition) is 0. The molecule has 0 unspecified atom stereocenters. The van der Waals surface area contributed by atoms with Crippen molar-refractivity contribution in [2.24, 2.45) is 0 Å². The summed E-state index contributed by atoms with van der Waals surface area (Å²) in [6.45, 7) is 20.4. The average Bonchev–Trinajstić information content (AvgIpc) is 3.66. The lowest BCUT2D eigenvalue weighted by Crippen LogP contribution is -2.64. The van der Waals surface area contributed by atoms with Crippen molar-refractivity contribution in [3.63, 3.8) is 0 Å². The van der Waals surface area contributed by atoms with E-state index >= 15 is 0 Å². The number of morpholine rings is 1. The first-order chi connectivity index (χ1) is 25.2. The first-order valence-electron chi connectivity index (χ1n) is 19.4. The standard InChI is InChI=1S/C41H57FN6O5/c1-27-21-45(33(22-44-14-17-52-25-28(44)2)23-46(27)39(50)53-40(3,4)5)24-36(49)47-26-41(6,7)37-34(47)19-31(18-29-8-10-32(42)11-9-29)35-20-43-38(48(35)37)30-12-15-51-16-13-30/h8-11,19-20,27-28,30,33H,12-18,21-26H2,1-7H3/t27-,28-,33+/m1/s1. The molecule has 0 radical (unpaired) electrons. The largest absolute Gasteiger partial charge is 0.444 e. The van der Waals surface area contributed by atoms with Crippen LogP contribution in [0.4, 0.5) is 14.9 Å². The van der Waals surface area contributed by atoms with Gasteiger partial charge in [-0.1, -0.05) is 26.0 Å². The number of pyridine rings is 1. The second-order valence-electron chi connectivity index (χ2n) is 17.3. The fourth-order valence-electron chi connectivity index (χ4n) is 8.70. The fourth-order valence-corrected chi connectivity index (χ4v) is 8.70. The van der Waals surface area contributed by atoms with Gasteiger partial charge >= 0.3 is 6.09 Å². The number of aromatic nitrogens is 2. The van der Waals surface area contributed by atoms with Crippen molar-refractivity contribution in [3.05, 3.63) is 65.0 Å². The van der Waals surface area contributed by atoms with Crippen LogP contribution in [-0.4, -0.2) is 126 Å². The molecule has 0 saturated carbocycles. The molecule has 3 saturated heterocycles. The summed E-state index contributed by atoms with van der Waals surface area (Å²) in [6, 6.07) is 8.87. The maximum absolute atomic E-state index is 14.8. The van der Waals surface area contributed by atoms with Gasteiger partial charge in [0.1, 0.15) is 17.2 Å². The smallest absolute Gasteiger partial charge is 0.410 e. The quantitative estimate of drug-likeness (QED) is 0.310. The molecule has 53 heavy (non-hydrogen) atoms. The molecule has 4 aliphatic rings. The van der Waals surface area contributed by atoms with Crippen LogP contribution < -0.4 is 4.90 Å². The third-order valence-electron chi connectivity index (χ3n) is 11.4. The van der Waals surface area contributed by atoms with Crippen molar-refractivity contribution in [3.8, 4) is 0 Å². The Hall–Kier alpha value is -3.58. The first kappa shape index (κ1) is 37.7. The minimum absolute atomic E-state index is 0.0367. The third kappa shape index (κ3) is 7.97. The number of hydrogen-bond acceptors (Lipinski definition) is 8. The summed E-state index contributed by atoms with van der Waals surface area (Å²) in [7, 11) is 0. The van der Waals surface area contributed by atoms with Crippen LogP contribution in [0.1, 0.15) is 89.9 Å². The number of benzene rings is 1. The van der Waals surface area contributed by atoms with Crippen molar-refractivity contribution < 1.29 is 28.2 Å². The molecule has 0 bridgehead atoms. The second kappa shape index (κ2) is 14.9.